The Morgan fingerprint density at radius 1 is 0.368 bits per heavy atom. The Labute approximate surface area is 345 Å². The molecule has 1 saturated carbocycles. The van der Waals surface area contributed by atoms with E-state index in [4.69, 9.17) is 0 Å². The number of phenols is 2. The zero-order valence-electron chi connectivity index (χ0n) is 38.9. The predicted molar refractivity (Wildman–Crippen MR) is 236 cm³/mol. The number of ketones is 3. The van der Waals surface area contributed by atoms with Crippen LogP contribution in [0.1, 0.15) is 180 Å². The highest BCUT2D eigenvalue weighted by atomic mass is 16.3. The van der Waals surface area contributed by atoms with Gasteiger partial charge in [-0.15, -0.1) is 0 Å². The summed E-state index contributed by atoms with van der Waals surface area (Å²) in [6.07, 6.45) is 0.514. The maximum Gasteiger partial charge on any atom is 0.154 e. The molecule has 3 aromatic carbocycles. The Kier molecular flexibility index (Phi) is 12.2. The van der Waals surface area contributed by atoms with Gasteiger partial charge >= 0.3 is 0 Å². The molecule has 3 aromatic rings. The molecule has 0 bridgehead atoms. The Morgan fingerprint density at radius 3 is 0.719 bits per heavy atom. The molecule has 0 aliphatic heterocycles. The van der Waals surface area contributed by atoms with E-state index in [2.05, 4.69) is 144 Å². The van der Waals surface area contributed by atoms with E-state index in [0.717, 1.165) is 38.9 Å². The molecule has 2 atom stereocenters. The van der Waals surface area contributed by atoms with Crippen LogP contribution < -0.4 is 0 Å². The number of Topliss-reactive ketones (excluding diaryl/α,β-unsaturated/α-hetero) is 3. The molecule has 57 heavy (non-hydrogen) atoms. The Balaban J connectivity index is 1.96. The number of hydrogen-bond donors (Lipinski definition) is 2. The third-order valence-corrected chi connectivity index (χ3v) is 12.0. The Bertz CT molecular complexity index is 1690. The highest BCUT2D eigenvalue weighted by Gasteiger charge is 2.49. The summed E-state index contributed by atoms with van der Waals surface area (Å²) >= 11 is 0. The smallest absolute Gasteiger partial charge is 0.154 e. The van der Waals surface area contributed by atoms with E-state index in [-0.39, 0.29) is 58.9 Å². The van der Waals surface area contributed by atoms with Crippen LogP contribution in [-0.2, 0) is 66.1 Å². The summed E-state index contributed by atoms with van der Waals surface area (Å²) in [5.41, 5.74) is 7.30. The van der Waals surface area contributed by atoms with Crippen molar-refractivity contribution in [3.05, 3.63) is 92.0 Å². The average Bonchev–Trinajstić information content (AvgIpc) is 3.02. The zero-order chi connectivity index (χ0) is 43.8. The second kappa shape index (κ2) is 15.1. The molecule has 5 nitrogen and oxygen atoms in total. The van der Waals surface area contributed by atoms with E-state index in [9.17, 15) is 24.6 Å². The normalized spacial score (nSPS) is 19.1. The van der Waals surface area contributed by atoms with Crippen LogP contribution in [0.25, 0.3) is 0 Å². The molecule has 2 N–H and O–H groups in total. The number of aromatic hydroxyl groups is 2. The summed E-state index contributed by atoms with van der Waals surface area (Å²) in [6, 6.07) is 12.1. The molecular formula is C52H74O5. The van der Waals surface area contributed by atoms with Crippen molar-refractivity contribution in [3.63, 3.8) is 0 Å². The molecule has 0 saturated heterocycles. The minimum absolute atomic E-state index is 0.148. The lowest BCUT2D eigenvalue weighted by Gasteiger charge is -2.34. The molecule has 5 heteroatoms. The monoisotopic (exact) mass is 779 g/mol. The lowest BCUT2D eigenvalue weighted by Crippen LogP contribution is -2.50. The van der Waals surface area contributed by atoms with E-state index in [1.54, 1.807) is 0 Å². The second-order valence-electron chi connectivity index (χ2n) is 23.4. The first kappa shape index (κ1) is 46.0. The molecule has 0 heterocycles. The lowest BCUT2D eigenvalue weighted by atomic mass is 9.66. The average molecular weight is 779 g/mol. The third-order valence-electron chi connectivity index (χ3n) is 12.0. The van der Waals surface area contributed by atoms with Gasteiger partial charge in [-0.3, -0.25) is 14.4 Å². The minimum atomic E-state index is -1.03. The van der Waals surface area contributed by atoms with Crippen molar-refractivity contribution in [1.29, 1.82) is 0 Å². The van der Waals surface area contributed by atoms with E-state index in [0.29, 0.717) is 0 Å². The van der Waals surface area contributed by atoms with Crippen molar-refractivity contribution >= 4 is 17.3 Å². The minimum Gasteiger partial charge on any atom is -0.507 e. The maximum atomic E-state index is 14.9. The van der Waals surface area contributed by atoms with Gasteiger partial charge in [-0.1, -0.05) is 161 Å². The van der Waals surface area contributed by atoms with Crippen LogP contribution in [0.4, 0.5) is 0 Å². The summed E-state index contributed by atoms with van der Waals surface area (Å²) < 4.78 is 0. The first-order chi connectivity index (χ1) is 25.5. The topological polar surface area (TPSA) is 91.7 Å². The van der Waals surface area contributed by atoms with Crippen LogP contribution >= 0.6 is 0 Å². The first-order valence-corrected chi connectivity index (χ1v) is 21.0. The molecule has 0 radical (unpaired) electrons. The van der Waals surface area contributed by atoms with Gasteiger partial charge in [-0.2, -0.15) is 0 Å². The number of phenolic OH excluding ortho intramolecular Hbond substituents is 2. The number of carbonyl (C=O) groups is 3. The van der Waals surface area contributed by atoms with Gasteiger partial charge in [-0.05, 0) is 114 Å². The van der Waals surface area contributed by atoms with Crippen LogP contribution in [0.2, 0.25) is 0 Å². The van der Waals surface area contributed by atoms with Crippen LogP contribution in [0.15, 0.2) is 36.4 Å². The van der Waals surface area contributed by atoms with Gasteiger partial charge in [0.05, 0.1) is 17.8 Å². The highest BCUT2D eigenvalue weighted by Crippen LogP contribution is 2.44. The summed E-state index contributed by atoms with van der Waals surface area (Å²) in [5.74, 6) is -3.56. The van der Waals surface area contributed by atoms with Crippen LogP contribution in [0, 0.1) is 24.7 Å². The summed E-state index contributed by atoms with van der Waals surface area (Å²) in [7, 11) is 0. The van der Waals surface area contributed by atoms with Crippen molar-refractivity contribution in [1.82, 2.24) is 0 Å². The van der Waals surface area contributed by atoms with Crippen molar-refractivity contribution in [2.24, 2.45) is 17.8 Å². The Hall–Kier alpha value is -3.73. The Morgan fingerprint density at radius 2 is 0.544 bits per heavy atom. The van der Waals surface area contributed by atoms with Gasteiger partial charge < -0.3 is 10.2 Å². The molecule has 2 unspecified atom stereocenters. The van der Waals surface area contributed by atoms with E-state index < -0.39 is 39.4 Å². The largest absolute Gasteiger partial charge is 0.507 e. The molecule has 1 fully saturated rings. The van der Waals surface area contributed by atoms with E-state index in [1.165, 1.54) is 16.7 Å². The van der Waals surface area contributed by atoms with E-state index >= 15 is 0 Å². The van der Waals surface area contributed by atoms with Crippen molar-refractivity contribution < 1.29 is 24.6 Å². The van der Waals surface area contributed by atoms with Gasteiger partial charge in [0.1, 0.15) is 11.5 Å². The number of carbonyl (C=O) groups excluding carboxylic acids is 3. The van der Waals surface area contributed by atoms with Crippen LogP contribution in [0.3, 0.4) is 0 Å². The quantitative estimate of drug-likeness (QED) is 0.243. The number of benzene rings is 3. The maximum absolute atomic E-state index is 14.9. The number of rotatable bonds is 6. The summed E-state index contributed by atoms with van der Waals surface area (Å²) in [5, 5.41) is 23.0. The molecule has 312 valence electrons. The fraction of sp³-hybridized carbons (Fsp3) is 0.596. The molecule has 4 rings (SSSR count). The zero-order valence-corrected chi connectivity index (χ0v) is 38.9. The molecule has 1 aliphatic rings. The van der Waals surface area contributed by atoms with E-state index in [1.807, 2.05) is 24.3 Å². The molecule has 1 aliphatic carbocycles. The SMILES string of the molecule is Cc1c(C(C)(C)C)cc(CC2C(=O)C(Cc3cc(C(C)(C)C)c(O)c(C(C)(C)C)c3)C(=O)C(Cc3cc(C(C)(C)C)c(O)c(C(C)(C)C)c3)C2=O)cc1C(C)(C)C. The van der Waals surface area contributed by atoms with Gasteiger partial charge in [0, 0.05) is 0 Å². The lowest BCUT2D eigenvalue weighted by molar-refractivity contribution is -0.150. The first-order valence-electron chi connectivity index (χ1n) is 21.0. The second-order valence-corrected chi connectivity index (χ2v) is 23.4. The van der Waals surface area contributed by atoms with Gasteiger partial charge in [0.2, 0.25) is 0 Å². The highest BCUT2D eigenvalue weighted by molar-refractivity contribution is 6.24. The number of hydrogen-bond acceptors (Lipinski definition) is 5. The molecular weight excluding hydrogens is 705 g/mol. The molecule has 0 aromatic heterocycles. The fourth-order valence-corrected chi connectivity index (χ4v) is 8.82. The van der Waals surface area contributed by atoms with Crippen molar-refractivity contribution in [3.8, 4) is 11.5 Å². The van der Waals surface area contributed by atoms with Crippen molar-refractivity contribution in [2.75, 3.05) is 0 Å². The van der Waals surface area contributed by atoms with Crippen LogP contribution in [-0.4, -0.2) is 27.6 Å². The van der Waals surface area contributed by atoms with Gasteiger partial charge in [0.15, 0.2) is 17.3 Å². The molecule has 0 spiro atoms. The van der Waals surface area contributed by atoms with Gasteiger partial charge in [0.25, 0.3) is 0 Å². The van der Waals surface area contributed by atoms with Gasteiger partial charge in [-0.25, -0.2) is 0 Å². The predicted octanol–water partition coefficient (Wildman–Crippen LogP) is 11.8. The summed E-state index contributed by atoms with van der Waals surface area (Å²) in [6.45, 7) is 39.9. The van der Waals surface area contributed by atoms with Crippen LogP contribution in [0.5, 0.6) is 11.5 Å². The van der Waals surface area contributed by atoms with Crippen molar-refractivity contribution in [2.45, 2.75) is 183 Å². The molecule has 0 amide bonds. The standard InChI is InChI=1S/C52H74O5/c1-29-36(47(2,3)4)23-30(24-37(29)48(5,6)7)20-33-42(53)34(21-31-25-38(49(8,9)10)45(56)39(26-31)50(11,12)13)44(55)35(43(33)54)22-32-27-40(51(14,15)16)46(57)41(28-32)52(17,18)19/h23-28,33-35,56-57H,20-22H2,1-19H3. The third kappa shape index (κ3) is 9.77. The fourth-order valence-electron chi connectivity index (χ4n) is 8.82. The summed E-state index contributed by atoms with van der Waals surface area (Å²) in [4.78, 5) is 44.7.